The second-order valence-corrected chi connectivity index (χ2v) is 8.59. The minimum atomic E-state index is -1.12. The third kappa shape index (κ3) is 7.14. The summed E-state index contributed by atoms with van der Waals surface area (Å²) in [6, 6.07) is 24.3. The van der Waals surface area contributed by atoms with Gasteiger partial charge in [0.2, 0.25) is 5.91 Å². The summed E-state index contributed by atoms with van der Waals surface area (Å²) >= 11 is 0. The molecular weight excluding hydrogens is 468 g/mol. The van der Waals surface area contributed by atoms with Gasteiger partial charge in [0, 0.05) is 36.8 Å². The highest BCUT2D eigenvalue weighted by atomic mass is 16.4. The number of aromatic nitrogens is 1. The molecule has 0 fully saturated rings. The molecule has 0 radical (unpaired) electrons. The van der Waals surface area contributed by atoms with E-state index in [4.69, 9.17) is 0 Å². The van der Waals surface area contributed by atoms with E-state index in [-0.39, 0.29) is 12.3 Å². The van der Waals surface area contributed by atoms with Crippen LogP contribution in [-0.2, 0) is 16.0 Å². The number of rotatable bonds is 11. The van der Waals surface area contributed by atoms with E-state index in [1.165, 1.54) is 0 Å². The van der Waals surface area contributed by atoms with Crippen molar-refractivity contribution in [3.8, 4) is 0 Å². The Morgan fingerprint density at radius 2 is 1.62 bits per heavy atom. The van der Waals surface area contributed by atoms with Crippen molar-refractivity contribution in [3.05, 3.63) is 102 Å². The maximum atomic E-state index is 12.9. The van der Waals surface area contributed by atoms with Crippen LogP contribution >= 0.6 is 0 Å². The van der Waals surface area contributed by atoms with Gasteiger partial charge >= 0.3 is 5.97 Å². The van der Waals surface area contributed by atoms with E-state index < -0.39 is 17.9 Å². The van der Waals surface area contributed by atoms with Crippen molar-refractivity contribution >= 4 is 40.1 Å². The highest BCUT2D eigenvalue weighted by molar-refractivity contribution is 6.07. The lowest BCUT2D eigenvalue weighted by Crippen LogP contribution is -2.42. The first-order valence-electron chi connectivity index (χ1n) is 12.0. The van der Waals surface area contributed by atoms with E-state index in [1.807, 2.05) is 48.5 Å². The molecule has 1 atom stereocenters. The second kappa shape index (κ2) is 12.3. The van der Waals surface area contributed by atoms with E-state index >= 15 is 0 Å². The summed E-state index contributed by atoms with van der Waals surface area (Å²) in [5.74, 6) is -0.899. The van der Waals surface area contributed by atoms with Crippen molar-refractivity contribution in [1.82, 2.24) is 10.3 Å². The van der Waals surface area contributed by atoms with Gasteiger partial charge in [-0.2, -0.15) is 0 Å². The fourth-order valence-electron chi connectivity index (χ4n) is 3.98. The van der Waals surface area contributed by atoms with E-state index in [0.29, 0.717) is 30.6 Å². The summed E-state index contributed by atoms with van der Waals surface area (Å²) in [4.78, 5) is 41.2. The zero-order chi connectivity index (χ0) is 26.0. The minimum Gasteiger partial charge on any atom is -0.480 e. The van der Waals surface area contributed by atoms with Crippen molar-refractivity contribution in [2.24, 2.45) is 0 Å². The first-order chi connectivity index (χ1) is 18.0. The molecule has 8 heteroatoms. The van der Waals surface area contributed by atoms with Crippen LogP contribution < -0.4 is 16.0 Å². The Morgan fingerprint density at radius 3 is 2.38 bits per heavy atom. The van der Waals surface area contributed by atoms with Crippen LogP contribution in [0.5, 0.6) is 0 Å². The Morgan fingerprint density at radius 1 is 0.865 bits per heavy atom. The quantitative estimate of drug-likeness (QED) is 0.227. The number of carbonyl (C=O) groups excluding carboxylic acids is 2. The summed E-state index contributed by atoms with van der Waals surface area (Å²) in [5.41, 5.74) is 1.78. The topological polar surface area (TPSA) is 120 Å². The standard InChI is InChI=1S/C29H28N4O4/c34-27(12-6-18-31-26-11-3-4-17-30-26)32-22-15-13-20(14-16-22)19-25(29(36)37)33-28(35)24-10-5-8-21-7-1-2-9-23(21)24/h1-5,7-11,13-17,25H,6,12,18-19H2,(H,30,31)(H,32,34)(H,33,35)(H,36,37)/t25-/m0/s1. The monoisotopic (exact) mass is 496 g/mol. The summed E-state index contributed by atoms with van der Waals surface area (Å²) in [6.07, 6.45) is 2.82. The maximum Gasteiger partial charge on any atom is 0.326 e. The summed E-state index contributed by atoms with van der Waals surface area (Å²) in [7, 11) is 0. The van der Waals surface area contributed by atoms with Crippen LogP contribution in [0.25, 0.3) is 10.8 Å². The van der Waals surface area contributed by atoms with Gasteiger partial charge in [0.15, 0.2) is 0 Å². The highest BCUT2D eigenvalue weighted by Crippen LogP contribution is 2.19. The van der Waals surface area contributed by atoms with Gasteiger partial charge in [0.25, 0.3) is 5.91 Å². The fraction of sp³-hybridized carbons (Fsp3) is 0.172. The van der Waals surface area contributed by atoms with Crippen LogP contribution in [0.2, 0.25) is 0 Å². The summed E-state index contributed by atoms with van der Waals surface area (Å²) in [6.45, 7) is 0.629. The first kappa shape index (κ1) is 25.4. The van der Waals surface area contributed by atoms with Crippen molar-refractivity contribution in [1.29, 1.82) is 0 Å². The van der Waals surface area contributed by atoms with Crippen molar-refractivity contribution in [3.63, 3.8) is 0 Å². The Balaban J connectivity index is 1.29. The molecule has 188 valence electrons. The maximum absolute atomic E-state index is 12.9. The molecule has 2 amide bonds. The molecule has 0 bridgehead atoms. The van der Waals surface area contributed by atoms with Gasteiger partial charge in [-0.3, -0.25) is 9.59 Å². The number of nitrogens with zero attached hydrogens (tertiary/aromatic N) is 1. The van der Waals surface area contributed by atoms with Gasteiger partial charge in [-0.25, -0.2) is 9.78 Å². The Kier molecular flexibility index (Phi) is 8.44. The van der Waals surface area contributed by atoms with Crippen LogP contribution in [-0.4, -0.2) is 40.5 Å². The lowest BCUT2D eigenvalue weighted by molar-refractivity contribution is -0.139. The molecule has 4 N–H and O–H groups in total. The van der Waals surface area contributed by atoms with Gasteiger partial charge < -0.3 is 21.1 Å². The fourth-order valence-corrected chi connectivity index (χ4v) is 3.98. The molecule has 0 unspecified atom stereocenters. The molecule has 8 nitrogen and oxygen atoms in total. The van der Waals surface area contributed by atoms with E-state index in [1.54, 1.807) is 42.6 Å². The van der Waals surface area contributed by atoms with Crippen LogP contribution in [0.4, 0.5) is 11.5 Å². The summed E-state index contributed by atoms with van der Waals surface area (Å²) in [5, 5.41) is 20.0. The normalized spacial score (nSPS) is 11.5. The van der Waals surface area contributed by atoms with Crippen molar-refractivity contribution < 1.29 is 19.5 Å². The largest absolute Gasteiger partial charge is 0.480 e. The highest BCUT2D eigenvalue weighted by Gasteiger charge is 2.22. The van der Waals surface area contributed by atoms with Crippen LogP contribution in [0, 0.1) is 0 Å². The third-order valence-electron chi connectivity index (χ3n) is 5.87. The van der Waals surface area contributed by atoms with Gasteiger partial charge in [-0.1, -0.05) is 54.6 Å². The van der Waals surface area contributed by atoms with Crippen LogP contribution in [0.15, 0.2) is 91.1 Å². The number of hydrogen-bond acceptors (Lipinski definition) is 5. The van der Waals surface area contributed by atoms with E-state index in [0.717, 1.165) is 22.2 Å². The Hall–Kier alpha value is -4.72. The molecule has 1 heterocycles. The first-order valence-corrected chi connectivity index (χ1v) is 12.0. The number of nitrogens with one attached hydrogen (secondary N) is 3. The average Bonchev–Trinajstić information content (AvgIpc) is 2.92. The van der Waals surface area contributed by atoms with E-state index in [9.17, 15) is 19.5 Å². The molecular formula is C29H28N4O4. The molecule has 4 aromatic rings. The number of carbonyl (C=O) groups is 3. The van der Waals surface area contributed by atoms with Crippen LogP contribution in [0.1, 0.15) is 28.8 Å². The Labute approximate surface area is 214 Å². The lowest BCUT2D eigenvalue weighted by atomic mass is 10.0. The Bertz CT molecular complexity index is 1370. The van der Waals surface area contributed by atoms with Crippen LogP contribution in [0.3, 0.4) is 0 Å². The number of carboxylic acid groups (broad SMARTS) is 1. The number of aliphatic carboxylic acids is 1. The molecule has 37 heavy (non-hydrogen) atoms. The lowest BCUT2D eigenvalue weighted by Gasteiger charge is -2.16. The number of hydrogen-bond donors (Lipinski definition) is 4. The number of pyridine rings is 1. The molecule has 0 aliphatic rings. The van der Waals surface area contributed by atoms with Crippen molar-refractivity contribution in [2.45, 2.75) is 25.3 Å². The number of anilines is 2. The molecule has 1 aromatic heterocycles. The molecule has 4 rings (SSSR count). The molecule has 0 aliphatic heterocycles. The average molecular weight is 497 g/mol. The summed E-state index contributed by atoms with van der Waals surface area (Å²) < 4.78 is 0. The predicted molar refractivity (Wildman–Crippen MR) is 144 cm³/mol. The molecule has 0 saturated carbocycles. The zero-order valence-corrected chi connectivity index (χ0v) is 20.2. The zero-order valence-electron chi connectivity index (χ0n) is 20.2. The minimum absolute atomic E-state index is 0.110. The molecule has 3 aromatic carbocycles. The predicted octanol–water partition coefficient (Wildman–Crippen LogP) is 4.49. The number of fused-ring (bicyclic) bond motifs is 1. The van der Waals surface area contributed by atoms with Gasteiger partial charge in [-0.15, -0.1) is 0 Å². The van der Waals surface area contributed by atoms with Gasteiger partial charge in [0.05, 0.1) is 0 Å². The van der Waals surface area contributed by atoms with Gasteiger partial charge in [-0.05, 0) is 53.1 Å². The second-order valence-electron chi connectivity index (χ2n) is 8.59. The molecule has 0 saturated heterocycles. The molecule has 0 spiro atoms. The smallest absolute Gasteiger partial charge is 0.326 e. The van der Waals surface area contributed by atoms with Crippen molar-refractivity contribution in [2.75, 3.05) is 17.2 Å². The number of benzene rings is 3. The molecule has 0 aliphatic carbocycles. The number of carboxylic acids is 1. The SMILES string of the molecule is O=C(CCCNc1ccccn1)Nc1ccc(C[C@H](NC(=O)c2cccc3ccccc23)C(=O)O)cc1. The number of amides is 2. The van der Waals surface area contributed by atoms with E-state index in [2.05, 4.69) is 20.9 Å². The third-order valence-corrected chi connectivity index (χ3v) is 5.87. The van der Waals surface area contributed by atoms with Gasteiger partial charge in [0.1, 0.15) is 11.9 Å².